The zero-order chi connectivity index (χ0) is 18.4. The van der Waals surface area contributed by atoms with Crippen LogP contribution in [0.2, 0.25) is 0 Å². The molecule has 1 saturated heterocycles. The first-order chi connectivity index (χ1) is 13.2. The lowest BCUT2D eigenvalue weighted by atomic mass is 9.89. The SMILES string of the molecule is Cc1ccc2c(c1)C1CN(C)CCC1N2/C=C/c1cccc2cnccc12. The Labute approximate surface area is 160 Å². The molecule has 2 atom stereocenters. The number of rotatable bonds is 2. The lowest BCUT2D eigenvalue weighted by molar-refractivity contribution is 0.235. The summed E-state index contributed by atoms with van der Waals surface area (Å²) in [5, 5.41) is 2.45. The van der Waals surface area contributed by atoms with Gasteiger partial charge in [0.1, 0.15) is 0 Å². The minimum Gasteiger partial charge on any atom is -0.344 e. The van der Waals surface area contributed by atoms with Crippen molar-refractivity contribution in [3.63, 3.8) is 0 Å². The van der Waals surface area contributed by atoms with Crippen molar-refractivity contribution in [2.24, 2.45) is 0 Å². The second-order valence-electron chi connectivity index (χ2n) is 7.95. The Morgan fingerprint density at radius 3 is 3.00 bits per heavy atom. The van der Waals surface area contributed by atoms with E-state index in [1.165, 1.54) is 46.1 Å². The average molecular weight is 355 g/mol. The molecule has 3 heterocycles. The Balaban J connectivity index is 1.55. The van der Waals surface area contributed by atoms with Crippen LogP contribution in [0.3, 0.4) is 0 Å². The fourth-order valence-electron chi connectivity index (χ4n) is 4.77. The zero-order valence-corrected chi connectivity index (χ0v) is 16.0. The first kappa shape index (κ1) is 16.5. The molecule has 2 aliphatic heterocycles. The molecule has 0 radical (unpaired) electrons. The summed E-state index contributed by atoms with van der Waals surface area (Å²) in [5.41, 5.74) is 5.50. The molecule has 0 bridgehead atoms. The maximum atomic E-state index is 4.25. The van der Waals surface area contributed by atoms with Crippen molar-refractivity contribution in [3.8, 4) is 0 Å². The number of benzene rings is 2. The summed E-state index contributed by atoms with van der Waals surface area (Å²) in [7, 11) is 2.24. The first-order valence-electron chi connectivity index (χ1n) is 9.79. The highest BCUT2D eigenvalue weighted by atomic mass is 15.2. The van der Waals surface area contributed by atoms with Crippen molar-refractivity contribution >= 4 is 22.5 Å². The summed E-state index contributed by atoms with van der Waals surface area (Å²) in [6.07, 6.45) is 9.60. The number of anilines is 1. The fourth-order valence-corrected chi connectivity index (χ4v) is 4.77. The molecule has 1 fully saturated rings. The van der Waals surface area contributed by atoms with Gasteiger partial charge in [0.25, 0.3) is 0 Å². The number of likely N-dealkylation sites (tertiary alicyclic amines) is 1. The molecule has 1 aromatic heterocycles. The highest BCUT2D eigenvalue weighted by molar-refractivity contribution is 5.90. The molecule has 3 nitrogen and oxygen atoms in total. The van der Waals surface area contributed by atoms with Crippen LogP contribution in [-0.2, 0) is 0 Å². The molecule has 0 amide bonds. The second-order valence-corrected chi connectivity index (χ2v) is 7.95. The number of aromatic nitrogens is 1. The van der Waals surface area contributed by atoms with Gasteiger partial charge in [-0.15, -0.1) is 0 Å². The van der Waals surface area contributed by atoms with E-state index in [0.29, 0.717) is 12.0 Å². The molecule has 5 rings (SSSR count). The van der Waals surface area contributed by atoms with Crippen molar-refractivity contribution < 1.29 is 0 Å². The van der Waals surface area contributed by atoms with Crippen molar-refractivity contribution in [2.45, 2.75) is 25.3 Å². The predicted molar refractivity (Wildman–Crippen MR) is 113 cm³/mol. The van der Waals surface area contributed by atoms with E-state index in [1.807, 2.05) is 12.4 Å². The highest BCUT2D eigenvalue weighted by Crippen LogP contribution is 2.45. The van der Waals surface area contributed by atoms with Crippen LogP contribution >= 0.6 is 0 Å². The number of hydrogen-bond acceptors (Lipinski definition) is 3. The topological polar surface area (TPSA) is 19.4 Å². The standard InChI is InChI=1S/C24H25N3/c1-17-6-7-23-21(14-17)22-16-26(2)12-10-24(22)27(23)13-9-18-4-3-5-19-15-25-11-8-20(18)19/h3-9,11,13-15,22,24H,10,12,16H2,1-2H3/b13-9+. The number of fused-ring (bicyclic) bond motifs is 4. The van der Waals surface area contributed by atoms with Gasteiger partial charge in [-0.1, -0.05) is 35.9 Å². The van der Waals surface area contributed by atoms with Crippen molar-refractivity contribution in [1.82, 2.24) is 9.88 Å². The minimum absolute atomic E-state index is 0.561. The van der Waals surface area contributed by atoms with E-state index in [-0.39, 0.29) is 0 Å². The maximum Gasteiger partial charge on any atom is 0.0445 e. The summed E-state index contributed by atoms with van der Waals surface area (Å²) in [5.74, 6) is 0.597. The summed E-state index contributed by atoms with van der Waals surface area (Å²) in [4.78, 5) is 9.24. The van der Waals surface area contributed by atoms with E-state index in [4.69, 9.17) is 0 Å². The number of nitrogens with zero attached hydrogens (tertiary/aromatic N) is 3. The normalized spacial score (nSPS) is 22.4. The van der Waals surface area contributed by atoms with Crippen LogP contribution in [0.15, 0.2) is 61.1 Å². The predicted octanol–water partition coefficient (Wildman–Crippen LogP) is 4.82. The van der Waals surface area contributed by atoms with Gasteiger partial charge in [0.15, 0.2) is 0 Å². The zero-order valence-electron chi connectivity index (χ0n) is 16.0. The van der Waals surface area contributed by atoms with Gasteiger partial charge in [-0.3, -0.25) is 4.98 Å². The van der Waals surface area contributed by atoms with E-state index < -0.39 is 0 Å². The summed E-state index contributed by atoms with van der Waals surface area (Å²) in [6, 6.07) is 16.0. The van der Waals surface area contributed by atoms with Crippen molar-refractivity contribution in [3.05, 3.63) is 77.7 Å². The van der Waals surface area contributed by atoms with E-state index in [1.54, 1.807) is 0 Å². The largest absolute Gasteiger partial charge is 0.344 e. The van der Waals surface area contributed by atoms with Crippen LogP contribution in [0.4, 0.5) is 5.69 Å². The van der Waals surface area contributed by atoms with Crippen LogP contribution in [0.1, 0.15) is 29.0 Å². The third kappa shape index (κ3) is 2.83. The van der Waals surface area contributed by atoms with Crippen LogP contribution in [0, 0.1) is 6.92 Å². The third-order valence-corrected chi connectivity index (χ3v) is 6.13. The van der Waals surface area contributed by atoms with Crippen molar-refractivity contribution in [2.75, 3.05) is 25.0 Å². The number of piperidine rings is 1. The van der Waals surface area contributed by atoms with Crippen LogP contribution in [0.25, 0.3) is 16.8 Å². The molecule has 3 aromatic rings. The van der Waals surface area contributed by atoms with Crippen LogP contribution in [-0.4, -0.2) is 36.1 Å². The van der Waals surface area contributed by atoms with E-state index >= 15 is 0 Å². The molecule has 2 aromatic carbocycles. The molecule has 3 heteroatoms. The van der Waals surface area contributed by atoms with E-state index in [9.17, 15) is 0 Å². The molecule has 0 N–H and O–H groups in total. The van der Waals surface area contributed by atoms with E-state index in [2.05, 4.69) is 83.5 Å². The highest BCUT2D eigenvalue weighted by Gasteiger charge is 2.40. The van der Waals surface area contributed by atoms with Gasteiger partial charge < -0.3 is 9.80 Å². The summed E-state index contributed by atoms with van der Waals surface area (Å²) < 4.78 is 0. The maximum absolute atomic E-state index is 4.25. The lowest BCUT2D eigenvalue weighted by Crippen LogP contribution is -2.43. The van der Waals surface area contributed by atoms with E-state index in [0.717, 1.165) is 6.54 Å². The Morgan fingerprint density at radius 1 is 1.15 bits per heavy atom. The minimum atomic E-state index is 0.561. The van der Waals surface area contributed by atoms with Crippen LogP contribution < -0.4 is 4.90 Å². The summed E-state index contributed by atoms with van der Waals surface area (Å²) >= 11 is 0. The van der Waals surface area contributed by atoms with Gasteiger partial charge in [0.2, 0.25) is 0 Å². The Morgan fingerprint density at radius 2 is 2.07 bits per heavy atom. The molecular formula is C24H25N3. The first-order valence-corrected chi connectivity index (χ1v) is 9.79. The van der Waals surface area contributed by atoms with Gasteiger partial charge in [0, 0.05) is 48.2 Å². The van der Waals surface area contributed by atoms with Crippen LogP contribution in [0.5, 0.6) is 0 Å². The quantitative estimate of drug-likeness (QED) is 0.657. The van der Waals surface area contributed by atoms with Crippen molar-refractivity contribution in [1.29, 1.82) is 0 Å². The molecular weight excluding hydrogens is 330 g/mol. The smallest absolute Gasteiger partial charge is 0.0445 e. The molecule has 0 aliphatic carbocycles. The van der Waals surface area contributed by atoms with Gasteiger partial charge in [0.05, 0.1) is 0 Å². The Hall–Kier alpha value is -2.65. The average Bonchev–Trinajstić information content (AvgIpc) is 2.98. The van der Waals surface area contributed by atoms with Gasteiger partial charge >= 0.3 is 0 Å². The van der Waals surface area contributed by atoms with Gasteiger partial charge in [-0.05, 0) is 61.7 Å². The fraction of sp³-hybridized carbons (Fsp3) is 0.292. The Kier molecular flexibility index (Phi) is 3.98. The number of hydrogen-bond donors (Lipinski definition) is 0. The third-order valence-electron chi connectivity index (χ3n) is 6.13. The lowest BCUT2D eigenvalue weighted by Gasteiger charge is -2.36. The number of aryl methyl sites for hydroxylation is 1. The van der Waals surface area contributed by atoms with Gasteiger partial charge in [-0.25, -0.2) is 0 Å². The number of likely N-dealkylation sites (N-methyl/N-ethyl adjacent to an activating group) is 1. The molecule has 2 aliphatic rings. The van der Waals surface area contributed by atoms with Gasteiger partial charge in [-0.2, -0.15) is 0 Å². The summed E-state index contributed by atoms with van der Waals surface area (Å²) in [6.45, 7) is 4.51. The number of pyridine rings is 1. The molecule has 136 valence electrons. The second kappa shape index (κ2) is 6.50. The Bertz CT molecular complexity index is 1020. The molecule has 0 spiro atoms. The molecule has 0 saturated carbocycles. The molecule has 2 unspecified atom stereocenters. The monoisotopic (exact) mass is 355 g/mol. The molecule has 27 heavy (non-hydrogen) atoms.